The van der Waals surface area contributed by atoms with Gasteiger partial charge < -0.3 is 4.90 Å². The molecule has 10 heteroatoms. The van der Waals surface area contributed by atoms with E-state index >= 15 is 0 Å². The lowest BCUT2D eigenvalue weighted by atomic mass is 10.0. The molecule has 1 aliphatic rings. The first kappa shape index (κ1) is 19.7. The summed E-state index contributed by atoms with van der Waals surface area (Å²) < 4.78 is 5.31. The molecule has 4 rings (SSSR count). The second-order valence-electron chi connectivity index (χ2n) is 7.07. The molecule has 1 unspecified atom stereocenters. The summed E-state index contributed by atoms with van der Waals surface area (Å²) in [6.07, 6.45) is 3.71. The van der Waals surface area contributed by atoms with Crippen LogP contribution in [-0.2, 0) is 4.79 Å². The Morgan fingerprint density at radius 2 is 2.14 bits per heavy atom. The van der Waals surface area contributed by atoms with Crippen molar-refractivity contribution in [1.82, 2.24) is 19.2 Å². The molecule has 1 saturated heterocycles. The maximum absolute atomic E-state index is 12.6. The molecule has 3 aromatic rings. The third-order valence-electron chi connectivity index (χ3n) is 4.92. The van der Waals surface area contributed by atoms with Gasteiger partial charge in [0.1, 0.15) is 27.3 Å². The van der Waals surface area contributed by atoms with Gasteiger partial charge in [0, 0.05) is 30.8 Å². The number of benzene rings is 1. The molecule has 3 heterocycles. The van der Waals surface area contributed by atoms with Crippen molar-refractivity contribution in [2.24, 2.45) is 5.92 Å². The molecule has 0 saturated carbocycles. The largest absolute Gasteiger partial charge is 0.342 e. The lowest BCUT2D eigenvalue weighted by molar-refractivity contribution is -0.384. The van der Waals surface area contributed by atoms with Crippen LogP contribution in [0.5, 0.6) is 0 Å². The molecule has 150 valence electrons. The summed E-state index contributed by atoms with van der Waals surface area (Å²) in [4.78, 5) is 33.6. The minimum Gasteiger partial charge on any atom is -0.342 e. The van der Waals surface area contributed by atoms with E-state index in [0.717, 1.165) is 34.8 Å². The number of aromatic nitrogens is 3. The Kier molecular flexibility index (Phi) is 5.72. The Hall–Kier alpha value is -2.59. The van der Waals surface area contributed by atoms with Crippen LogP contribution in [0.1, 0.15) is 19.8 Å². The summed E-state index contributed by atoms with van der Waals surface area (Å²) in [6, 6.07) is 6.25. The Bertz CT molecular complexity index is 1050. The number of likely N-dealkylation sites (tertiary alicyclic amines) is 1. The molecule has 2 aromatic heterocycles. The van der Waals surface area contributed by atoms with Gasteiger partial charge in [0.25, 0.3) is 5.69 Å². The first-order valence-electron chi connectivity index (χ1n) is 9.28. The number of piperidine rings is 1. The molecule has 0 radical (unpaired) electrons. The molecule has 1 amide bonds. The standard InChI is InChI=1S/C19H19N5O3S2/c1-12-3-2-8-23(9-12)15(25)10-28-19-18-17(20-11-21-19)16(22-29-18)13-4-6-14(7-5-13)24(26)27/h4-7,11-12H,2-3,8-10H2,1H3. The number of nitrogens with zero attached hydrogens (tertiary/aromatic N) is 5. The third kappa shape index (κ3) is 4.23. The van der Waals surface area contributed by atoms with E-state index in [4.69, 9.17) is 0 Å². The van der Waals surface area contributed by atoms with Crippen LogP contribution in [0.4, 0.5) is 5.69 Å². The Labute approximate surface area is 175 Å². The van der Waals surface area contributed by atoms with Crippen LogP contribution in [-0.4, -0.2) is 48.9 Å². The van der Waals surface area contributed by atoms with Crippen molar-refractivity contribution in [3.05, 3.63) is 40.7 Å². The number of hydrogen-bond acceptors (Lipinski definition) is 8. The first-order valence-corrected chi connectivity index (χ1v) is 11.0. The zero-order valence-corrected chi connectivity index (χ0v) is 17.4. The second kappa shape index (κ2) is 8.42. The van der Waals surface area contributed by atoms with Crippen molar-refractivity contribution >= 4 is 45.1 Å². The Morgan fingerprint density at radius 1 is 1.34 bits per heavy atom. The number of carbonyl (C=O) groups is 1. The third-order valence-corrected chi connectivity index (χ3v) is 6.86. The van der Waals surface area contributed by atoms with Gasteiger partial charge in [0.15, 0.2) is 0 Å². The van der Waals surface area contributed by atoms with Crippen molar-refractivity contribution in [2.75, 3.05) is 18.8 Å². The van der Waals surface area contributed by atoms with E-state index in [-0.39, 0.29) is 11.6 Å². The molecule has 0 aliphatic carbocycles. The van der Waals surface area contributed by atoms with Gasteiger partial charge >= 0.3 is 0 Å². The molecule has 1 fully saturated rings. The van der Waals surface area contributed by atoms with Crippen LogP contribution in [0.15, 0.2) is 35.6 Å². The maximum Gasteiger partial charge on any atom is 0.269 e. The molecular formula is C19H19N5O3S2. The van der Waals surface area contributed by atoms with Crippen LogP contribution in [0, 0.1) is 16.0 Å². The summed E-state index contributed by atoms with van der Waals surface area (Å²) in [5.74, 6) is 1.02. The van der Waals surface area contributed by atoms with Crippen molar-refractivity contribution in [1.29, 1.82) is 0 Å². The summed E-state index contributed by atoms with van der Waals surface area (Å²) in [5.41, 5.74) is 2.15. The number of non-ortho nitro benzene ring substituents is 1. The Balaban J connectivity index is 1.53. The molecule has 1 aromatic carbocycles. The van der Waals surface area contributed by atoms with Gasteiger partial charge in [-0.15, -0.1) is 0 Å². The van der Waals surface area contributed by atoms with Crippen LogP contribution in [0.3, 0.4) is 0 Å². The molecular weight excluding hydrogens is 410 g/mol. The average Bonchev–Trinajstić information content (AvgIpc) is 3.17. The Morgan fingerprint density at radius 3 is 2.86 bits per heavy atom. The summed E-state index contributed by atoms with van der Waals surface area (Å²) in [6.45, 7) is 3.83. The quantitative estimate of drug-likeness (QED) is 0.261. The topological polar surface area (TPSA) is 102 Å². The zero-order chi connectivity index (χ0) is 20.4. The monoisotopic (exact) mass is 429 g/mol. The number of rotatable bonds is 5. The van der Waals surface area contributed by atoms with Crippen molar-refractivity contribution in [2.45, 2.75) is 24.8 Å². The molecule has 0 N–H and O–H groups in total. The molecule has 29 heavy (non-hydrogen) atoms. The highest BCUT2D eigenvalue weighted by atomic mass is 32.2. The lowest BCUT2D eigenvalue weighted by Gasteiger charge is -2.30. The SMILES string of the molecule is CC1CCCN(C(=O)CSc2ncnc3c(-c4ccc([N+](=O)[O-])cc4)nsc23)C1. The number of hydrogen-bond donors (Lipinski definition) is 0. The average molecular weight is 430 g/mol. The zero-order valence-electron chi connectivity index (χ0n) is 15.8. The number of nitro groups is 1. The van der Waals surface area contributed by atoms with Gasteiger partial charge in [-0.1, -0.05) is 18.7 Å². The predicted octanol–water partition coefficient (Wildman–Crippen LogP) is 4.01. The van der Waals surface area contributed by atoms with Gasteiger partial charge in [-0.3, -0.25) is 14.9 Å². The molecule has 1 atom stereocenters. The molecule has 1 aliphatic heterocycles. The van der Waals surface area contributed by atoms with Crippen LogP contribution >= 0.6 is 23.3 Å². The van der Waals surface area contributed by atoms with E-state index in [0.29, 0.717) is 22.9 Å². The van der Waals surface area contributed by atoms with Gasteiger partial charge in [0.05, 0.1) is 10.7 Å². The number of carbonyl (C=O) groups excluding carboxylic acids is 1. The van der Waals surface area contributed by atoms with E-state index in [1.54, 1.807) is 12.1 Å². The van der Waals surface area contributed by atoms with Crippen molar-refractivity contribution < 1.29 is 9.72 Å². The van der Waals surface area contributed by atoms with Gasteiger partial charge in [0.2, 0.25) is 5.91 Å². The molecule has 0 bridgehead atoms. The fourth-order valence-corrected chi connectivity index (χ4v) is 5.24. The highest BCUT2D eigenvalue weighted by Crippen LogP contribution is 2.35. The normalized spacial score (nSPS) is 16.9. The van der Waals surface area contributed by atoms with Crippen LogP contribution in [0.2, 0.25) is 0 Å². The van der Waals surface area contributed by atoms with Crippen LogP contribution in [0.25, 0.3) is 21.5 Å². The maximum atomic E-state index is 12.6. The smallest absolute Gasteiger partial charge is 0.269 e. The minimum absolute atomic E-state index is 0.0321. The predicted molar refractivity (Wildman–Crippen MR) is 113 cm³/mol. The van der Waals surface area contributed by atoms with Crippen LogP contribution < -0.4 is 0 Å². The summed E-state index contributed by atoms with van der Waals surface area (Å²) in [7, 11) is 0. The van der Waals surface area contributed by atoms with E-state index in [9.17, 15) is 14.9 Å². The highest BCUT2D eigenvalue weighted by molar-refractivity contribution is 8.00. The molecule has 8 nitrogen and oxygen atoms in total. The first-order chi connectivity index (χ1) is 14.0. The van der Waals surface area contributed by atoms with Gasteiger partial charge in [-0.2, -0.15) is 4.37 Å². The van der Waals surface area contributed by atoms with E-state index in [2.05, 4.69) is 21.3 Å². The number of amides is 1. The number of thioether (sulfide) groups is 1. The van der Waals surface area contributed by atoms with Gasteiger partial charge in [-0.05, 0) is 42.4 Å². The molecule has 0 spiro atoms. The number of fused-ring (bicyclic) bond motifs is 1. The van der Waals surface area contributed by atoms with E-state index < -0.39 is 4.92 Å². The van der Waals surface area contributed by atoms with E-state index in [1.165, 1.54) is 48.2 Å². The number of nitro benzene ring substituents is 1. The fraction of sp³-hybridized carbons (Fsp3) is 0.368. The second-order valence-corrected chi connectivity index (χ2v) is 8.80. The highest BCUT2D eigenvalue weighted by Gasteiger charge is 2.22. The van der Waals surface area contributed by atoms with Crippen molar-refractivity contribution in [3.8, 4) is 11.3 Å². The summed E-state index contributed by atoms with van der Waals surface area (Å²) >= 11 is 2.69. The fourth-order valence-electron chi connectivity index (χ4n) is 3.41. The minimum atomic E-state index is -0.431. The van der Waals surface area contributed by atoms with Gasteiger partial charge in [-0.25, -0.2) is 9.97 Å². The van der Waals surface area contributed by atoms with Crippen molar-refractivity contribution in [3.63, 3.8) is 0 Å². The summed E-state index contributed by atoms with van der Waals surface area (Å²) in [5, 5.41) is 11.6. The van der Waals surface area contributed by atoms with E-state index in [1.807, 2.05) is 4.90 Å². The lowest BCUT2D eigenvalue weighted by Crippen LogP contribution is -2.40.